The first-order chi connectivity index (χ1) is 16.3. The summed E-state index contributed by atoms with van der Waals surface area (Å²) < 4.78 is 27.3. The Morgan fingerprint density at radius 1 is 1.09 bits per heavy atom. The molecule has 178 valence electrons. The van der Waals surface area contributed by atoms with Gasteiger partial charge in [-0.3, -0.25) is 24.3 Å². The second kappa shape index (κ2) is 10.7. The minimum atomic E-state index is -0.950. The Kier molecular flexibility index (Phi) is 7.67. The van der Waals surface area contributed by atoms with Crippen molar-refractivity contribution < 1.29 is 23.5 Å². The van der Waals surface area contributed by atoms with Crippen LogP contribution in [0.5, 0.6) is 0 Å². The first-order valence-electron chi connectivity index (χ1n) is 10.6. The van der Waals surface area contributed by atoms with E-state index in [-0.39, 0.29) is 12.5 Å². The van der Waals surface area contributed by atoms with Gasteiger partial charge in [-0.15, -0.1) is 0 Å². The third kappa shape index (κ3) is 5.84. The molecule has 1 amide bonds. The van der Waals surface area contributed by atoms with Crippen LogP contribution in [0, 0.1) is 11.6 Å². The average Bonchev–Trinajstić information content (AvgIpc) is 3.07. The molecule has 4 rings (SSSR count). The third-order valence-corrected chi connectivity index (χ3v) is 6.98. The summed E-state index contributed by atoms with van der Waals surface area (Å²) in [6, 6.07) is 8.74. The number of thioether (sulfide) groups is 1. The van der Waals surface area contributed by atoms with Gasteiger partial charge in [0, 0.05) is 44.8 Å². The molecular formula is C23H22F2N4O3S2. The lowest BCUT2D eigenvalue weighted by molar-refractivity contribution is -0.138. The number of rotatable bonds is 7. The molecule has 7 nitrogen and oxygen atoms in total. The van der Waals surface area contributed by atoms with Crippen LogP contribution in [0.25, 0.3) is 17.3 Å². The highest BCUT2D eigenvalue weighted by Crippen LogP contribution is 2.32. The van der Waals surface area contributed by atoms with Crippen LogP contribution in [0.3, 0.4) is 0 Å². The molecule has 0 spiro atoms. The maximum absolute atomic E-state index is 13.6. The molecule has 2 fully saturated rings. The highest BCUT2D eigenvalue weighted by molar-refractivity contribution is 8.26. The zero-order valence-corrected chi connectivity index (χ0v) is 19.7. The fourth-order valence-corrected chi connectivity index (χ4v) is 5.07. The highest BCUT2D eigenvalue weighted by atomic mass is 32.2. The second-order valence-electron chi connectivity index (χ2n) is 7.92. The van der Waals surface area contributed by atoms with E-state index in [9.17, 15) is 18.4 Å². The Morgan fingerprint density at radius 2 is 1.82 bits per heavy atom. The van der Waals surface area contributed by atoms with Crippen molar-refractivity contribution in [3.05, 3.63) is 58.6 Å². The fourth-order valence-electron chi connectivity index (χ4n) is 3.78. The SMILES string of the molecule is O=C(O)CN1CCN(CCN2C(=O)/C(=C/c3cccc(-c4ccc(F)c(F)c4)n3)SC2=S)CC1. The van der Waals surface area contributed by atoms with E-state index < -0.39 is 17.6 Å². The van der Waals surface area contributed by atoms with E-state index >= 15 is 0 Å². The molecule has 2 aliphatic heterocycles. The van der Waals surface area contributed by atoms with Crippen LogP contribution in [0.15, 0.2) is 41.3 Å². The number of pyridine rings is 1. The van der Waals surface area contributed by atoms with Crippen molar-refractivity contribution in [2.24, 2.45) is 0 Å². The maximum Gasteiger partial charge on any atom is 0.317 e. The second-order valence-corrected chi connectivity index (χ2v) is 9.60. The largest absolute Gasteiger partial charge is 0.480 e. The number of benzene rings is 1. The maximum atomic E-state index is 13.6. The summed E-state index contributed by atoms with van der Waals surface area (Å²) in [4.78, 5) is 34.3. The Labute approximate surface area is 205 Å². The number of piperazine rings is 1. The normalized spacial score (nSPS) is 18.8. The van der Waals surface area contributed by atoms with Crippen LogP contribution in [-0.4, -0.2) is 86.8 Å². The molecule has 3 heterocycles. The number of hydrogen-bond donors (Lipinski definition) is 1. The van der Waals surface area contributed by atoms with Gasteiger partial charge in [-0.05, 0) is 36.4 Å². The first-order valence-corrected chi connectivity index (χ1v) is 11.9. The molecule has 2 saturated heterocycles. The van der Waals surface area contributed by atoms with Crippen molar-refractivity contribution in [1.29, 1.82) is 0 Å². The number of carbonyl (C=O) groups excluding carboxylic acids is 1. The molecule has 1 aromatic heterocycles. The molecule has 1 N–H and O–H groups in total. The van der Waals surface area contributed by atoms with Crippen molar-refractivity contribution in [3.63, 3.8) is 0 Å². The van der Waals surface area contributed by atoms with Gasteiger partial charge in [0.25, 0.3) is 5.91 Å². The van der Waals surface area contributed by atoms with Gasteiger partial charge in [0.15, 0.2) is 11.6 Å². The van der Waals surface area contributed by atoms with Crippen molar-refractivity contribution >= 4 is 46.3 Å². The van der Waals surface area contributed by atoms with Crippen molar-refractivity contribution in [2.45, 2.75) is 0 Å². The Bertz CT molecular complexity index is 1150. The number of carboxylic acids is 1. The summed E-state index contributed by atoms with van der Waals surface area (Å²) >= 11 is 6.61. The average molecular weight is 505 g/mol. The third-order valence-electron chi connectivity index (χ3n) is 5.60. The lowest BCUT2D eigenvalue weighted by Crippen LogP contribution is -2.49. The Hall–Kier alpha value is -2.73. The number of nitrogens with zero attached hydrogens (tertiary/aromatic N) is 4. The standard InChI is InChI=1S/C23H22F2N4O3S2/c24-17-5-4-15(12-18(17)25)19-3-1-2-16(26-19)13-20-22(32)29(23(33)34-20)11-10-27-6-8-28(9-7-27)14-21(30)31/h1-5,12-13H,6-11,14H2,(H,30,31)/b20-13-. The number of thiocarbonyl (C=S) groups is 1. The Morgan fingerprint density at radius 3 is 2.53 bits per heavy atom. The van der Waals surface area contributed by atoms with Gasteiger partial charge in [-0.25, -0.2) is 13.8 Å². The van der Waals surface area contributed by atoms with E-state index in [1.54, 1.807) is 29.2 Å². The van der Waals surface area contributed by atoms with Gasteiger partial charge in [-0.2, -0.15) is 0 Å². The van der Waals surface area contributed by atoms with Crippen molar-refractivity contribution in [1.82, 2.24) is 19.7 Å². The minimum absolute atomic E-state index is 0.0403. The van der Waals surface area contributed by atoms with Crippen LogP contribution >= 0.6 is 24.0 Å². The van der Waals surface area contributed by atoms with Crippen molar-refractivity contribution in [3.8, 4) is 11.3 Å². The van der Waals surface area contributed by atoms with E-state index in [0.29, 0.717) is 52.4 Å². The van der Waals surface area contributed by atoms with Crippen molar-refractivity contribution in [2.75, 3.05) is 45.8 Å². The fraction of sp³-hybridized carbons (Fsp3) is 0.304. The number of halogens is 2. The van der Waals surface area contributed by atoms with E-state index in [1.807, 2.05) is 4.90 Å². The molecule has 11 heteroatoms. The van der Waals surface area contributed by atoms with Gasteiger partial charge < -0.3 is 5.11 Å². The predicted molar refractivity (Wildman–Crippen MR) is 130 cm³/mol. The number of aliphatic carboxylic acids is 1. The molecule has 2 aromatic rings. The molecular weight excluding hydrogens is 482 g/mol. The smallest absolute Gasteiger partial charge is 0.317 e. The van der Waals surface area contributed by atoms with Gasteiger partial charge in [-0.1, -0.05) is 30.0 Å². The van der Waals surface area contributed by atoms with Crippen LogP contribution in [0.2, 0.25) is 0 Å². The predicted octanol–water partition coefficient (Wildman–Crippen LogP) is 2.93. The zero-order chi connectivity index (χ0) is 24.2. The molecule has 0 bridgehead atoms. The molecule has 0 saturated carbocycles. The van der Waals surface area contributed by atoms with Gasteiger partial charge in [0.2, 0.25) is 0 Å². The summed E-state index contributed by atoms with van der Waals surface area (Å²) in [5, 5.41) is 8.91. The monoisotopic (exact) mass is 504 g/mol. The lowest BCUT2D eigenvalue weighted by atomic mass is 10.1. The van der Waals surface area contributed by atoms with Crippen LogP contribution in [0.4, 0.5) is 8.78 Å². The van der Waals surface area contributed by atoms with E-state index in [4.69, 9.17) is 17.3 Å². The summed E-state index contributed by atoms with van der Waals surface area (Å²) in [6.07, 6.45) is 1.65. The van der Waals surface area contributed by atoms with E-state index in [2.05, 4.69) is 9.88 Å². The topological polar surface area (TPSA) is 77.0 Å². The Balaban J connectivity index is 1.38. The van der Waals surface area contributed by atoms with Gasteiger partial charge in [0.05, 0.1) is 22.8 Å². The van der Waals surface area contributed by atoms with E-state index in [0.717, 1.165) is 25.2 Å². The van der Waals surface area contributed by atoms with Crippen LogP contribution in [0.1, 0.15) is 5.69 Å². The molecule has 0 unspecified atom stereocenters. The number of amides is 1. The summed E-state index contributed by atoms with van der Waals surface area (Å²) in [6.45, 7) is 3.94. The highest BCUT2D eigenvalue weighted by Gasteiger charge is 2.32. The molecule has 0 atom stereocenters. The number of hydrogen-bond acceptors (Lipinski definition) is 7. The quantitative estimate of drug-likeness (QED) is 0.456. The molecule has 0 aliphatic carbocycles. The van der Waals surface area contributed by atoms with Gasteiger partial charge in [0.1, 0.15) is 4.32 Å². The zero-order valence-electron chi connectivity index (χ0n) is 18.1. The lowest BCUT2D eigenvalue weighted by Gasteiger charge is -2.34. The van der Waals surface area contributed by atoms with Crippen LogP contribution in [-0.2, 0) is 9.59 Å². The molecule has 0 radical (unpaired) electrons. The summed E-state index contributed by atoms with van der Waals surface area (Å²) in [7, 11) is 0. The minimum Gasteiger partial charge on any atom is -0.480 e. The van der Waals surface area contributed by atoms with E-state index in [1.165, 1.54) is 17.8 Å². The summed E-state index contributed by atoms with van der Waals surface area (Å²) in [5.74, 6) is -2.90. The number of carbonyl (C=O) groups is 2. The first kappa shape index (κ1) is 24.4. The number of aromatic nitrogens is 1. The van der Waals surface area contributed by atoms with Crippen LogP contribution < -0.4 is 0 Å². The summed E-state index contributed by atoms with van der Waals surface area (Å²) in [5.41, 5.74) is 1.41. The molecule has 1 aromatic carbocycles. The van der Waals surface area contributed by atoms with Gasteiger partial charge >= 0.3 is 5.97 Å². The number of carboxylic acid groups (broad SMARTS) is 1. The molecule has 2 aliphatic rings. The molecule has 34 heavy (non-hydrogen) atoms.